The molecule has 0 aliphatic carbocycles. The molecule has 0 spiro atoms. The molecule has 5 nitrogen and oxygen atoms in total. The van der Waals surface area contributed by atoms with E-state index in [4.69, 9.17) is 9.26 Å². The van der Waals surface area contributed by atoms with Crippen molar-refractivity contribution in [3.05, 3.63) is 11.7 Å². The third-order valence-corrected chi connectivity index (χ3v) is 4.01. The summed E-state index contributed by atoms with van der Waals surface area (Å²) in [6.07, 6.45) is 2.12. The second kappa shape index (κ2) is 7.18. The number of rotatable bonds is 7. The van der Waals surface area contributed by atoms with Crippen LogP contribution in [-0.2, 0) is 4.74 Å². The zero-order chi connectivity index (χ0) is 14.5. The Morgan fingerprint density at radius 3 is 2.75 bits per heavy atom. The molecule has 1 aliphatic rings. The van der Waals surface area contributed by atoms with Crippen LogP contribution in [0, 0.1) is 5.92 Å². The first-order valence-corrected chi connectivity index (χ1v) is 7.78. The van der Waals surface area contributed by atoms with Crippen LogP contribution in [0.1, 0.15) is 64.1 Å². The average Bonchev–Trinajstić information content (AvgIpc) is 3.06. The predicted octanol–water partition coefficient (Wildman–Crippen LogP) is 2.70. The summed E-state index contributed by atoms with van der Waals surface area (Å²) in [7, 11) is 0. The highest BCUT2D eigenvalue weighted by molar-refractivity contribution is 5.04. The van der Waals surface area contributed by atoms with Crippen molar-refractivity contribution in [2.45, 2.75) is 58.4 Å². The monoisotopic (exact) mass is 281 g/mol. The van der Waals surface area contributed by atoms with Crippen molar-refractivity contribution in [1.29, 1.82) is 0 Å². The highest BCUT2D eigenvalue weighted by atomic mass is 16.5. The third kappa shape index (κ3) is 3.58. The highest BCUT2D eigenvalue weighted by Gasteiger charge is 2.30. The summed E-state index contributed by atoms with van der Waals surface area (Å²) >= 11 is 0. The quantitative estimate of drug-likeness (QED) is 0.832. The first-order chi connectivity index (χ1) is 9.63. The fraction of sp³-hybridized carbons (Fsp3) is 0.867. The van der Waals surface area contributed by atoms with Crippen molar-refractivity contribution in [3.8, 4) is 0 Å². The van der Waals surface area contributed by atoms with Gasteiger partial charge in [0.1, 0.15) is 0 Å². The fourth-order valence-electron chi connectivity index (χ4n) is 2.86. The second-order valence-corrected chi connectivity index (χ2v) is 6.06. The Hall–Kier alpha value is -0.940. The zero-order valence-corrected chi connectivity index (χ0v) is 13.1. The summed E-state index contributed by atoms with van der Waals surface area (Å²) in [6, 6.07) is 0.336. The molecule has 1 aromatic heterocycles. The number of ether oxygens (including phenoxy) is 1. The van der Waals surface area contributed by atoms with Crippen LogP contribution < -0.4 is 5.32 Å². The number of hydrogen-bond donors (Lipinski definition) is 1. The van der Waals surface area contributed by atoms with Gasteiger partial charge in [0.05, 0.1) is 12.5 Å². The van der Waals surface area contributed by atoms with Gasteiger partial charge >= 0.3 is 0 Å². The Bertz CT molecular complexity index is 400. The van der Waals surface area contributed by atoms with Crippen molar-refractivity contribution in [2.75, 3.05) is 19.8 Å². The van der Waals surface area contributed by atoms with E-state index in [0.717, 1.165) is 44.3 Å². The summed E-state index contributed by atoms with van der Waals surface area (Å²) in [5.41, 5.74) is 0. The van der Waals surface area contributed by atoms with E-state index in [1.54, 1.807) is 0 Å². The normalized spacial score (nSPS) is 22.4. The van der Waals surface area contributed by atoms with E-state index >= 15 is 0 Å². The van der Waals surface area contributed by atoms with Gasteiger partial charge in [0.2, 0.25) is 5.89 Å². The molecule has 114 valence electrons. The molecular weight excluding hydrogens is 254 g/mol. The molecule has 1 aliphatic heterocycles. The van der Waals surface area contributed by atoms with E-state index in [0.29, 0.717) is 17.9 Å². The van der Waals surface area contributed by atoms with Crippen LogP contribution in [0.2, 0.25) is 0 Å². The smallest absolute Gasteiger partial charge is 0.231 e. The summed E-state index contributed by atoms with van der Waals surface area (Å²) in [6.45, 7) is 11.3. The molecule has 20 heavy (non-hydrogen) atoms. The van der Waals surface area contributed by atoms with E-state index in [2.05, 4.69) is 43.2 Å². The molecule has 1 aromatic rings. The van der Waals surface area contributed by atoms with Crippen LogP contribution in [0.25, 0.3) is 0 Å². The maximum atomic E-state index is 5.54. The van der Waals surface area contributed by atoms with Gasteiger partial charge in [-0.2, -0.15) is 4.98 Å². The Morgan fingerprint density at radius 2 is 2.15 bits per heavy atom. The van der Waals surface area contributed by atoms with Gasteiger partial charge in [0.15, 0.2) is 5.82 Å². The summed E-state index contributed by atoms with van der Waals surface area (Å²) < 4.78 is 10.9. The van der Waals surface area contributed by atoms with E-state index in [1.807, 2.05) is 0 Å². The third-order valence-electron chi connectivity index (χ3n) is 4.01. The molecule has 5 heteroatoms. The lowest BCUT2D eigenvalue weighted by atomic mass is 9.89. The van der Waals surface area contributed by atoms with Gasteiger partial charge < -0.3 is 14.6 Å². The van der Waals surface area contributed by atoms with Crippen LogP contribution in [0.4, 0.5) is 0 Å². The predicted molar refractivity (Wildman–Crippen MR) is 77.8 cm³/mol. The van der Waals surface area contributed by atoms with Gasteiger partial charge in [-0.05, 0) is 32.2 Å². The van der Waals surface area contributed by atoms with Crippen molar-refractivity contribution >= 4 is 0 Å². The second-order valence-electron chi connectivity index (χ2n) is 6.06. The van der Waals surface area contributed by atoms with Gasteiger partial charge in [0, 0.05) is 18.6 Å². The van der Waals surface area contributed by atoms with Crippen LogP contribution in [0.15, 0.2) is 4.52 Å². The average molecular weight is 281 g/mol. The number of nitrogens with zero attached hydrogens (tertiary/aromatic N) is 2. The van der Waals surface area contributed by atoms with E-state index < -0.39 is 0 Å². The summed E-state index contributed by atoms with van der Waals surface area (Å²) in [5, 5.41) is 7.71. The standard InChI is InChI=1S/C15H27N3O2/c1-5-7-16-11(4)13(10(2)3)15-17-14(18-20-15)12-6-8-19-9-12/h10-13,16H,5-9H2,1-4H3. The van der Waals surface area contributed by atoms with E-state index in [9.17, 15) is 0 Å². The number of hydrogen-bond acceptors (Lipinski definition) is 5. The van der Waals surface area contributed by atoms with Crippen LogP contribution in [0.5, 0.6) is 0 Å². The lowest BCUT2D eigenvalue weighted by Crippen LogP contribution is -2.35. The highest BCUT2D eigenvalue weighted by Crippen LogP contribution is 2.29. The molecule has 0 radical (unpaired) electrons. The zero-order valence-electron chi connectivity index (χ0n) is 13.1. The summed E-state index contributed by atoms with van der Waals surface area (Å²) in [5.74, 6) is 2.59. The molecule has 3 atom stereocenters. The van der Waals surface area contributed by atoms with Crippen LogP contribution in [-0.4, -0.2) is 35.9 Å². The summed E-state index contributed by atoms with van der Waals surface area (Å²) in [4.78, 5) is 4.65. The minimum Gasteiger partial charge on any atom is -0.381 e. The lowest BCUT2D eigenvalue weighted by Gasteiger charge is -2.25. The topological polar surface area (TPSA) is 60.2 Å². The van der Waals surface area contributed by atoms with Crippen molar-refractivity contribution in [2.24, 2.45) is 5.92 Å². The Balaban J connectivity index is 2.08. The fourth-order valence-corrected chi connectivity index (χ4v) is 2.86. The van der Waals surface area contributed by atoms with E-state index in [-0.39, 0.29) is 5.92 Å². The maximum Gasteiger partial charge on any atom is 0.231 e. The minimum atomic E-state index is 0.255. The molecule has 2 heterocycles. The molecule has 1 N–H and O–H groups in total. The van der Waals surface area contributed by atoms with E-state index in [1.165, 1.54) is 0 Å². The lowest BCUT2D eigenvalue weighted by molar-refractivity contribution is 0.192. The molecule has 0 amide bonds. The molecular formula is C15H27N3O2. The molecule has 0 bridgehead atoms. The Labute approximate surface area is 121 Å². The van der Waals surface area contributed by atoms with Gasteiger partial charge in [-0.3, -0.25) is 0 Å². The molecule has 1 saturated heterocycles. The Kier molecular flexibility index (Phi) is 5.54. The van der Waals surface area contributed by atoms with Gasteiger partial charge in [-0.25, -0.2) is 0 Å². The van der Waals surface area contributed by atoms with Crippen LogP contribution in [0.3, 0.4) is 0 Å². The number of nitrogens with one attached hydrogen (secondary N) is 1. The minimum absolute atomic E-state index is 0.255. The first-order valence-electron chi connectivity index (χ1n) is 7.78. The molecule has 0 aromatic carbocycles. The first kappa shape index (κ1) is 15.4. The number of aromatic nitrogens is 2. The largest absolute Gasteiger partial charge is 0.381 e. The van der Waals surface area contributed by atoms with Gasteiger partial charge in [0.25, 0.3) is 0 Å². The molecule has 2 rings (SSSR count). The van der Waals surface area contributed by atoms with Crippen molar-refractivity contribution < 1.29 is 9.26 Å². The Morgan fingerprint density at radius 1 is 1.35 bits per heavy atom. The van der Waals surface area contributed by atoms with Crippen molar-refractivity contribution in [1.82, 2.24) is 15.5 Å². The van der Waals surface area contributed by atoms with Gasteiger partial charge in [-0.1, -0.05) is 25.9 Å². The maximum absolute atomic E-state index is 5.54. The van der Waals surface area contributed by atoms with Gasteiger partial charge in [-0.15, -0.1) is 0 Å². The molecule has 3 unspecified atom stereocenters. The van der Waals surface area contributed by atoms with Crippen molar-refractivity contribution in [3.63, 3.8) is 0 Å². The van der Waals surface area contributed by atoms with Crippen LogP contribution >= 0.6 is 0 Å². The molecule has 1 fully saturated rings. The SMILES string of the molecule is CCCNC(C)C(c1nc(C2CCOC2)no1)C(C)C. The molecule has 0 saturated carbocycles.